The molecule has 0 bridgehead atoms. The Hall–Kier alpha value is -0.790. The van der Waals surface area contributed by atoms with Crippen molar-refractivity contribution in [3.8, 4) is 0 Å². The molecule has 0 saturated heterocycles. The summed E-state index contributed by atoms with van der Waals surface area (Å²) < 4.78 is 5.53. The van der Waals surface area contributed by atoms with Gasteiger partial charge < -0.3 is 4.74 Å². The number of rotatable bonds is 1. The zero-order valence-corrected chi connectivity index (χ0v) is 7.31. The van der Waals surface area contributed by atoms with Crippen LogP contribution in [0.2, 0.25) is 0 Å². The zero-order valence-electron chi connectivity index (χ0n) is 7.31. The molecule has 62 valence electrons. The number of allylic oxidation sites excluding steroid dienone is 2. The van der Waals surface area contributed by atoms with E-state index in [2.05, 4.69) is 0 Å². The van der Waals surface area contributed by atoms with E-state index in [4.69, 9.17) is 4.74 Å². The number of carbonyl (C=O) groups is 1. The standard InChI is InChI=1S/C9H14O2/c1-4-9(3)6-8(10)5-7(2)11-9/h5H,4,6H2,1-3H3. The molecule has 0 aromatic heterocycles. The Morgan fingerprint density at radius 2 is 2.36 bits per heavy atom. The van der Waals surface area contributed by atoms with Gasteiger partial charge in [-0.3, -0.25) is 4.79 Å². The molecule has 0 saturated carbocycles. The molecule has 1 rings (SSSR count). The fraction of sp³-hybridized carbons (Fsp3) is 0.667. The lowest BCUT2D eigenvalue weighted by atomic mass is 9.94. The van der Waals surface area contributed by atoms with Crippen LogP contribution in [0.3, 0.4) is 0 Å². The zero-order chi connectivity index (χ0) is 8.48. The van der Waals surface area contributed by atoms with Gasteiger partial charge in [0.05, 0.1) is 12.2 Å². The van der Waals surface area contributed by atoms with Gasteiger partial charge in [0.15, 0.2) is 5.78 Å². The summed E-state index contributed by atoms with van der Waals surface area (Å²) in [6.45, 7) is 5.83. The second-order valence-corrected chi connectivity index (χ2v) is 3.30. The van der Waals surface area contributed by atoms with Crippen molar-refractivity contribution in [2.45, 2.75) is 39.2 Å². The maximum absolute atomic E-state index is 11.1. The largest absolute Gasteiger partial charge is 0.492 e. The fourth-order valence-corrected chi connectivity index (χ4v) is 1.30. The molecule has 0 radical (unpaired) electrons. The minimum atomic E-state index is -0.254. The minimum absolute atomic E-state index is 0.179. The van der Waals surface area contributed by atoms with Crippen molar-refractivity contribution in [1.29, 1.82) is 0 Å². The summed E-state index contributed by atoms with van der Waals surface area (Å²) >= 11 is 0. The molecule has 1 aliphatic heterocycles. The molecule has 1 unspecified atom stereocenters. The number of carbonyl (C=O) groups excluding carboxylic acids is 1. The predicted molar refractivity (Wildman–Crippen MR) is 43.2 cm³/mol. The third kappa shape index (κ3) is 1.82. The van der Waals surface area contributed by atoms with Gasteiger partial charge in [-0.1, -0.05) is 6.92 Å². The van der Waals surface area contributed by atoms with E-state index in [0.717, 1.165) is 12.2 Å². The summed E-state index contributed by atoms with van der Waals surface area (Å²) in [4.78, 5) is 11.1. The number of hydrogen-bond donors (Lipinski definition) is 0. The van der Waals surface area contributed by atoms with Gasteiger partial charge in [0.2, 0.25) is 0 Å². The normalized spacial score (nSPS) is 31.2. The van der Waals surface area contributed by atoms with Gasteiger partial charge in [0.25, 0.3) is 0 Å². The van der Waals surface area contributed by atoms with Gasteiger partial charge in [-0.2, -0.15) is 0 Å². The first-order chi connectivity index (χ1) is 5.06. The number of hydrogen-bond acceptors (Lipinski definition) is 2. The van der Waals surface area contributed by atoms with Crippen molar-refractivity contribution in [1.82, 2.24) is 0 Å². The lowest BCUT2D eigenvalue weighted by molar-refractivity contribution is -0.122. The third-order valence-corrected chi connectivity index (χ3v) is 2.07. The van der Waals surface area contributed by atoms with E-state index in [1.165, 1.54) is 0 Å². The summed E-state index contributed by atoms with van der Waals surface area (Å²) in [6, 6.07) is 0. The van der Waals surface area contributed by atoms with Crippen molar-refractivity contribution in [3.63, 3.8) is 0 Å². The maximum atomic E-state index is 11.1. The van der Waals surface area contributed by atoms with E-state index >= 15 is 0 Å². The third-order valence-electron chi connectivity index (χ3n) is 2.07. The highest BCUT2D eigenvalue weighted by molar-refractivity contribution is 5.91. The molecule has 0 spiro atoms. The Morgan fingerprint density at radius 1 is 1.73 bits per heavy atom. The molecule has 0 aliphatic carbocycles. The van der Waals surface area contributed by atoms with Crippen LogP contribution in [0.5, 0.6) is 0 Å². The summed E-state index contributed by atoms with van der Waals surface area (Å²) in [5.74, 6) is 0.920. The van der Waals surface area contributed by atoms with Crippen LogP contribution in [-0.4, -0.2) is 11.4 Å². The van der Waals surface area contributed by atoms with Crippen molar-refractivity contribution >= 4 is 5.78 Å². The first-order valence-corrected chi connectivity index (χ1v) is 3.96. The molecule has 1 aliphatic rings. The Morgan fingerprint density at radius 3 is 2.82 bits per heavy atom. The molecule has 0 aromatic rings. The topological polar surface area (TPSA) is 26.3 Å². The predicted octanol–water partition coefficient (Wildman–Crippen LogP) is 2.05. The van der Waals surface area contributed by atoms with E-state index in [9.17, 15) is 4.79 Å². The highest BCUT2D eigenvalue weighted by Gasteiger charge is 2.30. The Kier molecular flexibility index (Phi) is 2.03. The molecule has 1 atom stereocenters. The molecule has 11 heavy (non-hydrogen) atoms. The lowest BCUT2D eigenvalue weighted by Gasteiger charge is -2.32. The van der Waals surface area contributed by atoms with Gasteiger partial charge in [-0.05, 0) is 20.3 Å². The summed E-state index contributed by atoms with van der Waals surface area (Å²) in [6.07, 6.45) is 2.96. The molecule has 2 heteroatoms. The molecular weight excluding hydrogens is 140 g/mol. The summed E-state index contributed by atoms with van der Waals surface area (Å²) in [5, 5.41) is 0. The van der Waals surface area contributed by atoms with Gasteiger partial charge >= 0.3 is 0 Å². The van der Waals surface area contributed by atoms with Crippen LogP contribution in [0.15, 0.2) is 11.8 Å². The molecule has 0 amide bonds. The monoisotopic (exact) mass is 154 g/mol. The van der Waals surface area contributed by atoms with E-state index in [1.54, 1.807) is 6.08 Å². The Labute approximate surface area is 67.2 Å². The van der Waals surface area contributed by atoms with Gasteiger partial charge in [-0.25, -0.2) is 0 Å². The smallest absolute Gasteiger partial charge is 0.162 e. The second-order valence-electron chi connectivity index (χ2n) is 3.30. The van der Waals surface area contributed by atoms with E-state index < -0.39 is 0 Å². The molecule has 0 fully saturated rings. The summed E-state index contributed by atoms with van der Waals surface area (Å²) in [7, 11) is 0. The molecule has 0 N–H and O–H groups in total. The van der Waals surface area contributed by atoms with Crippen LogP contribution < -0.4 is 0 Å². The second kappa shape index (κ2) is 2.68. The average molecular weight is 154 g/mol. The molecule has 0 aromatic carbocycles. The van der Waals surface area contributed by atoms with Crippen molar-refractivity contribution in [2.75, 3.05) is 0 Å². The van der Waals surface area contributed by atoms with Crippen LogP contribution in [0, 0.1) is 0 Å². The van der Waals surface area contributed by atoms with E-state index in [-0.39, 0.29) is 11.4 Å². The number of ketones is 1. The quantitative estimate of drug-likeness (QED) is 0.577. The van der Waals surface area contributed by atoms with Crippen LogP contribution >= 0.6 is 0 Å². The van der Waals surface area contributed by atoms with Gasteiger partial charge in [0.1, 0.15) is 5.60 Å². The van der Waals surface area contributed by atoms with Crippen LogP contribution in [0.25, 0.3) is 0 Å². The van der Waals surface area contributed by atoms with Crippen molar-refractivity contribution in [2.24, 2.45) is 0 Å². The van der Waals surface area contributed by atoms with Crippen LogP contribution in [0.1, 0.15) is 33.6 Å². The Balaban J connectivity index is 2.79. The molecule has 1 heterocycles. The molecule has 2 nitrogen and oxygen atoms in total. The highest BCUT2D eigenvalue weighted by Crippen LogP contribution is 2.27. The van der Waals surface area contributed by atoms with Crippen molar-refractivity contribution < 1.29 is 9.53 Å². The maximum Gasteiger partial charge on any atom is 0.162 e. The Bertz CT molecular complexity index is 206. The average Bonchev–Trinajstić information content (AvgIpc) is 1.84. The van der Waals surface area contributed by atoms with E-state index in [0.29, 0.717) is 6.42 Å². The first kappa shape index (κ1) is 8.31. The summed E-state index contributed by atoms with van der Waals surface area (Å²) in [5.41, 5.74) is -0.254. The SMILES string of the molecule is CCC1(C)CC(=O)C=C(C)O1. The van der Waals surface area contributed by atoms with Gasteiger partial charge in [-0.15, -0.1) is 0 Å². The number of ether oxygens (including phenoxy) is 1. The van der Waals surface area contributed by atoms with Crippen LogP contribution in [-0.2, 0) is 9.53 Å². The lowest BCUT2D eigenvalue weighted by Crippen LogP contribution is -2.33. The fourth-order valence-electron chi connectivity index (χ4n) is 1.30. The molecular formula is C9H14O2. The first-order valence-electron chi connectivity index (χ1n) is 3.96. The van der Waals surface area contributed by atoms with Gasteiger partial charge in [0, 0.05) is 6.08 Å². The van der Waals surface area contributed by atoms with Crippen LogP contribution in [0.4, 0.5) is 0 Å². The van der Waals surface area contributed by atoms with E-state index in [1.807, 2.05) is 20.8 Å². The minimum Gasteiger partial charge on any atom is -0.492 e. The van der Waals surface area contributed by atoms with Crippen molar-refractivity contribution in [3.05, 3.63) is 11.8 Å². The highest BCUT2D eigenvalue weighted by atomic mass is 16.5.